The number of aromatic nitrogens is 2. The van der Waals surface area contributed by atoms with Crippen molar-refractivity contribution in [2.45, 2.75) is 45.1 Å². The highest BCUT2D eigenvalue weighted by atomic mass is 16.4. The molecule has 7 nitrogen and oxygen atoms in total. The lowest BCUT2D eigenvalue weighted by Crippen LogP contribution is -2.47. The van der Waals surface area contributed by atoms with Crippen LogP contribution in [0.15, 0.2) is 6.07 Å². The number of carbonyl (C=O) groups is 1. The van der Waals surface area contributed by atoms with Gasteiger partial charge in [0.15, 0.2) is 0 Å². The summed E-state index contributed by atoms with van der Waals surface area (Å²) in [5.41, 5.74) is 0.971. The first kappa shape index (κ1) is 17.0. The Balaban J connectivity index is 1.85. The number of piperidine rings is 2. The molecule has 0 bridgehead atoms. The summed E-state index contributed by atoms with van der Waals surface area (Å²) in [6.07, 6.45) is 4.04. The van der Waals surface area contributed by atoms with Crippen LogP contribution in [0, 0.1) is 5.92 Å². The molecule has 3 heterocycles. The smallest absolute Gasteiger partial charge is 0.310 e. The number of anilines is 2. The number of hydrogen-bond acceptors (Lipinski definition) is 6. The number of hydrogen-bond donors (Lipinski definition) is 2. The van der Waals surface area contributed by atoms with E-state index in [9.17, 15) is 15.0 Å². The van der Waals surface area contributed by atoms with Crippen molar-refractivity contribution >= 4 is 17.7 Å². The molecule has 0 spiro atoms. The summed E-state index contributed by atoms with van der Waals surface area (Å²) in [6, 6.07) is 1.95. The fourth-order valence-corrected chi connectivity index (χ4v) is 3.44. The first-order valence-corrected chi connectivity index (χ1v) is 8.87. The number of aliphatic hydroxyl groups is 1. The lowest BCUT2D eigenvalue weighted by Gasteiger charge is -2.35. The van der Waals surface area contributed by atoms with Gasteiger partial charge in [0.05, 0.1) is 6.10 Å². The number of carboxylic acids is 1. The first-order valence-electron chi connectivity index (χ1n) is 8.87. The molecular formula is C17H26N4O3. The molecule has 0 aromatic carbocycles. The summed E-state index contributed by atoms with van der Waals surface area (Å²) in [5.74, 6) is -0.187. The maximum Gasteiger partial charge on any atom is 0.310 e. The third kappa shape index (κ3) is 3.61. The van der Waals surface area contributed by atoms with E-state index in [-0.39, 0.29) is 6.54 Å². The Bertz CT molecular complexity index is 589. The van der Waals surface area contributed by atoms with Gasteiger partial charge < -0.3 is 20.0 Å². The molecule has 7 heteroatoms. The lowest BCUT2D eigenvalue weighted by atomic mass is 9.95. The van der Waals surface area contributed by atoms with Crippen molar-refractivity contribution in [1.82, 2.24) is 9.97 Å². The van der Waals surface area contributed by atoms with E-state index >= 15 is 0 Å². The van der Waals surface area contributed by atoms with E-state index in [2.05, 4.69) is 16.8 Å². The molecule has 0 amide bonds. The highest BCUT2D eigenvalue weighted by Crippen LogP contribution is 2.26. The Kier molecular flexibility index (Phi) is 5.18. The second-order valence-electron chi connectivity index (χ2n) is 6.67. The molecule has 24 heavy (non-hydrogen) atoms. The molecule has 2 aliphatic heterocycles. The summed E-state index contributed by atoms with van der Waals surface area (Å²) in [4.78, 5) is 24.9. The quantitative estimate of drug-likeness (QED) is 0.858. The largest absolute Gasteiger partial charge is 0.481 e. The average molecular weight is 334 g/mol. The Labute approximate surface area is 142 Å². The minimum absolute atomic E-state index is 0.288. The third-order valence-corrected chi connectivity index (χ3v) is 4.97. The van der Waals surface area contributed by atoms with Crippen LogP contribution in [-0.4, -0.2) is 58.4 Å². The van der Waals surface area contributed by atoms with Gasteiger partial charge in [0, 0.05) is 37.9 Å². The Hall–Kier alpha value is -1.89. The monoisotopic (exact) mass is 334 g/mol. The molecule has 0 aliphatic carbocycles. The fourth-order valence-electron chi connectivity index (χ4n) is 3.44. The van der Waals surface area contributed by atoms with Gasteiger partial charge in [0.1, 0.15) is 11.7 Å². The number of carboxylic acid groups (broad SMARTS) is 1. The predicted molar refractivity (Wildman–Crippen MR) is 91.4 cm³/mol. The van der Waals surface area contributed by atoms with Crippen LogP contribution in [0.2, 0.25) is 0 Å². The molecule has 2 fully saturated rings. The molecule has 2 N–H and O–H groups in total. The Morgan fingerprint density at radius 3 is 2.62 bits per heavy atom. The number of aryl methyl sites for hydroxylation is 1. The Morgan fingerprint density at radius 1 is 1.21 bits per heavy atom. The van der Waals surface area contributed by atoms with Crippen LogP contribution in [0.25, 0.3) is 0 Å². The number of aliphatic hydroxyl groups excluding tert-OH is 1. The molecule has 0 saturated carbocycles. The van der Waals surface area contributed by atoms with E-state index in [1.807, 2.05) is 11.0 Å². The van der Waals surface area contributed by atoms with Gasteiger partial charge in [-0.25, -0.2) is 4.98 Å². The van der Waals surface area contributed by atoms with Gasteiger partial charge in [-0.1, -0.05) is 6.92 Å². The summed E-state index contributed by atoms with van der Waals surface area (Å²) < 4.78 is 0. The number of aliphatic carboxylic acids is 1. The third-order valence-electron chi connectivity index (χ3n) is 4.97. The highest BCUT2D eigenvalue weighted by Gasteiger charge is 2.34. The molecular weight excluding hydrogens is 308 g/mol. The van der Waals surface area contributed by atoms with Crippen LogP contribution in [0.4, 0.5) is 11.8 Å². The normalized spacial score (nSPS) is 24.9. The lowest BCUT2D eigenvalue weighted by molar-refractivity contribution is -0.146. The maximum atomic E-state index is 11.4. The molecule has 0 radical (unpaired) electrons. The van der Waals surface area contributed by atoms with E-state index in [4.69, 9.17) is 4.98 Å². The van der Waals surface area contributed by atoms with Gasteiger partial charge in [0.25, 0.3) is 0 Å². The SMILES string of the molecule is CCc1cc(N2CC[C@H](O)[C@H](C(=O)O)C2)nc(N2CCCCC2)n1. The number of rotatable bonds is 4. The topological polar surface area (TPSA) is 89.8 Å². The van der Waals surface area contributed by atoms with E-state index in [1.54, 1.807) is 0 Å². The number of nitrogens with zero attached hydrogens (tertiary/aromatic N) is 4. The zero-order chi connectivity index (χ0) is 17.1. The molecule has 0 unspecified atom stereocenters. The van der Waals surface area contributed by atoms with Gasteiger partial charge >= 0.3 is 5.97 Å². The molecule has 132 valence electrons. The van der Waals surface area contributed by atoms with Crippen molar-refractivity contribution in [3.05, 3.63) is 11.8 Å². The maximum absolute atomic E-state index is 11.4. The van der Waals surface area contributed by atoms with Gasteiger partial charge in [-0.2, -0.15) is 4.98 Å². The van der Waals surface area contributed by atoms with Crippen LogP contribution < -0.4 is 9.80 Å². The van der Waals surface area contributed by atoms with Crippen molar-refractivity contribution in [2.75, 3.05) is 36.0 Å². The minimum atomic E-state index is -0.951. The van der Waals surface area contributed by atoms with E-state index in [0.29, 0.717) is 13.0 Å². The summed E-state index contributed by atoms with van der Waals surface area (Å²) in [6.45, 7) is 4.92. The van der Waals surface area contributed by atoms with Gasteiger partial charge in [-0.15, -0.1) is 0 Å². The van der Waals surface area contributed by atoms with Crippen molar-refractivity contribution in [3.63, 3.8) is 0 Å². The van der Waals surface area contributed by atoms with E-state index in [0.717, 1.165) is 49.8 Å². The zero-order valence-electron chi connectivity index (χ0n) is 14.2. The summed E-state index contributed by atoms with van der Waals surface area (Å²) >= 11 is 0. The second kappa shape index (κ2) is 7.34. The molecule has 1 aromatic rings. The average Bonchev–Trinajstić information content (AvgIpc) is 2.62. The molecule has 2 saturated heterocycles. The zero-order valence-corrected chi connectivity index (χ0v) is 14.2. The fraction of sp³-hybridized carbons (Fsp3) is 0.706. The summed E-state index contributed by atoms with van der Waals surface area (Å²) in [7, 11) is 0. The predicted octanol–water partition coefficient (Wildman–Crippen LogP) is 1.30. The van der Waals surface area contributed by atoms with E-state index < -0.39 is 18.0 Å². The Morgan fingerprint density at radius 2 is 1.96 bits per heavy atom. The second-order valence-corrected chi connectivity index (χ2v) is 6.67. The summed E-state index contributed by atoms with van der Waals surface area (Å²) in [5, 5.41) is 19.2. The van der Waals surface area contributed by atoms with Crippen LogP contribution in [0.1, 0.15) is 38.3 Å². The van der Waals surface area contributed by atoms with Crippen molar-refractivity contribution < 1.29 is 15.0 Å². The van der Waals surface area contributed by atoms with Crippen LogP contribution in [0.5, 0.6) is 0 Å². The molecule has 2 atom stereocenters. The van der Waals surface area contributed by atoms with Crippen molar-refractivity contribution in [1.29, 1.82) is 0 Å². The van der Waals surface area contributed by atoms with Gasteiger partial charge in [0.2, 0.25) is 5.95 Å². The van der Waals surface area contributed by atoms with Crippen LogP contribution >= 0.6 is 0 Å². The highest BCUT2D eigenvalue weighted by molar-refractivity contribution is 5.72. The standard InChI is InChI=1S/C17H26N4O3/c1-2-12-10-15(19-17(18-12)20-7-4-3-5-8-20)21-9-6-14(22)13(11-21)16(23)24/h10,13-14,22H,2-9,11H2,1H3,(H,23,24)/t13-,14+/m1/s1. The molecule has 3 rings (SSSR count). The van der Waals surface area contributed by atoms with Crippen LogP contribution in [-0.2, 0) is 11.2 Å². The molecule has 2 aliphatic rings. The van der Waals surface area contributed by atoms with Gasteiger partial charge in [-0.3, -0.25) is 4.79 Å². The molecule has 1 aromatic heterocycles. The van der Waals surface area contributed by atoms with Crippen molar-refractivity contribution in [3.8, 4) is 0 Å². The first-order chi connectivity index (χ1) is 11.6. The van der Waals surface area contributed by atoms with Crippen LogP contribution in [0.3, 0.4) is 0 Å². The van der Waals surface area contributed by atoms with Crippen molar-refractivity contribution in [2.24, 2.45) is 5.92 Å². The van der Waals surface area contributed by atoms with Gasteiger partial charge in [-0.05, 0) is 32.1 Å². The minimum Gasteiger partial charge on any atom is -0.481 e. The van der Waals surface area contributed by atoms with E-state index in [1.165, 1.54) is 6.42 Å².